The number of nitrogens with zero attached hydrogens (tertiary/aromatic N) is 1. The lowest BCUT2D eigenvalue weighted by atomic mass is 9.88. The molecule has 0 aliphatic carbocycles. The van der Waals surface area contributed by atoms with E-state index in [1.807, 2.05) is 4.90 Å². The van der Waals surface area contributed by atoms with Crippen molar-refractivity contribution in [2.75, 3.05) is 6.54 Å². The van der Waals surface area contributed by atoms with Gasteiger partial charge in [-0.3, -0.25) is 4.79 Å². The highest BCUT2D eigenvalue weighted by atomic mass is 16.2. The van der Waals surface area contributed by atoms with Crippen molar-refractivity contribution in [2.24, 2.45) is 5.92 Å². The summed E-state index contributed by atoms with van der Waals surface area (Å²) in [5, 5.41) is 0. The molecule has 0 saturated carbocycles. The maximum Gasteiger partial charge on any atom is 0.246 e. The molecule has 1 heterocycles. The van der Waals surface area contributed by atoms with E-state index in [2.05, 4.69) is 27.4 Å². The molecule has 2 heteroatoms. The van der Waals surface area contributed by atoms with Crippen molar-refractivity contribution in [1.82, 2.24) is 4.90 Å². The fraction of sp³-hybridized carbons (Fsp3) is 0.750. The molecule has 0 radical (unpaired) electrons. The average molecular weight is 195 g/mol. The van der Waals surface area contributed by atoms with Gasteiger partial charge in [-0.15, -0.1) is 0 Å². The minimum atomic E-state index is 0.0689. The summed E-state index contributed by atoms with van der Waals surface area (Å²) in [4.78, 5) is 13.6. The second-order valence-electron chi connectivity index (χ2n) is 4.89. The van der Waals surface area contributed by atoms with Crippen LogP contribution in [0.4, 0.5) is 0 Å². The second-order valence-corrected chi connectivity index (χ2v) is 4.89. The van der Waals surface area contributed by atoms with E-state index in [0.29, 0.717) is 5.92 Å². The quantitative estimate of drug-likeness (QED) is 0.634. The van der Waals surface area contributed by atoms with Crippen molar-refractivity contribution in [1.29, 1.82) is 0 Å². The van der Waals surface area contributed by atoms with Crippen molar-refractivity contribution in [2.45, 2.75) is 45.6 Å². The first-order chi connectivity index (χ1) is 6.49. The highest BCUT2D eigenvalue weighted by molar-refractivity contribution is 5.87. The summed E-state index contributed by atoms with van der Waals surface area (Å²) in [6.45, 7) is 11.1. The van der Waals surface area contributed by atoms with Crippen molar-refractivity contribution < 1.29 is 4.79 Å². The lowest BCUT2D eigenvalue weighted by molar-refractivity contribution is -0.129. The predicted octanol–water partition coefficient (Wildman–Crippen LogP) is 2.60. The summed E-state index contributed by atoms with van der Waals surface area (Å²) in [6, 6.07) is 0. The van der Waals surface area contributed by atoms with Gasteiger partial charge in [0.15, 0.2) is 0 Å². The number of hydrogen-bond donors (Lipinski definition) is 0. The van der Waals surface area contributed by atoms with Crippen LogP contribution < -0.4 is 0 Å². The van der Waals surface area contributed by atoms with E-state index in [-0.39, 0.29) is 11.4 Å². The molecule has 0 aromatic carbocycles. The van der Waals surface area contributed by atoms with E-state index in [0.717, 1.165) is 25.8 Å². The maximum atomic E-state index is 11.6. The Morgan fingerprint density at radius 2 is 2.29 bits per heavy atom. The molecular formula is C12H21NO. The Balaban J connectivity index is 2.75. The molecule has 1 aliphatic heterocycles. The van der Waals surface area contributed by atoms with E-state index in [4.69, 9.17) is 0 Å². The van der Waals surface area contributed by atoms with E-state index in [9.17, 15) is 4.79 Å². The number of carbonyl (C=O) groups is 1. The molecule has 1 amide bonds. The molecule has 1 atom stereocenters. The summed E-state index contributed by atoms with van der Waals surface area (Å²) in [5.74, 6) is 0.726. The molecule has 2 nitrogen and oxygen atoms in total. The molecule has 80 valence electrons. The van der Waals surface area contributed by atoms with Crippen molar-refractivity contribution in [3.05, 3.63) is 12.7 Å². The van der Waals surface area contributed by atoms with Crippen LogP contribution in [0.3, 0.4) is 0 Å². The van der Waals surface area contributed by atoms with Crippen LogP contribution in [0.1, 0.15) is 40.0 Å². The lowest BCUT2D eigenvalue weighted by Gasteiger charge is -2.36. The SMILES string of the molecule is C=CC(=O)N1CCC[C@]1(C)CC(C)C. The number of amides is 1. The molecule has 1 fully saturated rings. The zero-order valence-corrected chi connectivity index (χ0v) is 9.55. The molecule has 0 N–H and O–H groups in total. The minimum Gasteiger partial charge on any atom is -0.334 e. The zero-order valence-electron chi connectivity index (χ0n) is 9.55. The van der Waals surface area contributed by atoms with Crippen LogP contribution in [0.5, 0.6) is 0 Å². The van der Waals surface area contributed by atoms with E-state index in [1.165, 1.54) is 6.08 Å². The molecule has 1 saturated heterocycles. The number of rotatable bonds is 3. The molecule has 0 unspecified atom stereocenters. The lowest BCUT2D eigenvalue weighted by Crippen LogP contribution is -2.45. The number of likely N-dealkylation sites (tertiary alicyclic amines) is 1. The van der Waals surface area contributed by atoms with Gasteiger partial charge in [0.1, 0.15) is 0 Å². The normalized spacial score (nSPS) is 27.0. The third-order valence-electron chi connectivity index (χ3n) is 3.04. The third-order valence-corrected chi connectivity index (χ3v) is 3.04. The smallest absolute Gasteiger partial charge is 0.246 e. The van der Waals surface area contributed by atoms with Crippen LogP contribution in [0, 0.1) is 5.92 Å². The Labute approximate surface area is 87.0 Å². The van der Waals surface area contributed by atoms with Gasteiger partial charge in [-0.25, -0.2) is 0 Å². The van der Waals surface area contributed by atoms with Crippen LogP contribution in [-0.2, 0) is 4.79 Å². The van der Waals surface area contributed by atoms with Gasteiger partial charge in [0, 0.05) is 12.1 Å². The van der Waals surface area contributed by atoms with Crippen molar-refractivity contribution in [3.8, 4) is 0 Å². The maximum absolute atomic E-state index is 11.6. The van der Waals surface area contributed by atoms with Gasteiger partial charge in [0.25, 0.3) is 0 Å². The van der Waals surface area contributed by atoms with Crippen LogP contribution in [0.25, 0.3) is 0 Å². The van der Waals surface area contributed by atoms with E-state index in [1.54, 1.807) is 0 Å². The largest absolute Gasteiger partial charge is 0.334 e. The summed E-state index contributed by atoms with van der Waals surface area (Å²) in [6.07, 6.45) is 4.78. The first kappa shape index (κ1) is 11.3. The van der Waals surface area contributed by atoms with Crippen LogP contribution >= 0.6 is 0 Å². The van der Waals surface area contributed by atoms with Gasteiger partial charge in [-0.1, -0.05) is 20.4 Å². The van der Waals surface area contributed by atoms with Crippen molar-refractivity contribution in [3.63, 3.8) is 0 Å². The zero-order chi connectivity index (χ0) is 10.8. The Hall–Kier alpha value is -0.790. The molecule has 1 aliphatic rings. The van der Waals surface area contributed by atoms with Crippen LogP contribution in [0.2, 0.25) is 0 Å². The highest BCUT2D eigenvalue weighted by Gasteiger charge is 2.38. The molecule has 0 bridgehead atoms. The Morgan fingerprint density at radius 1 is 1.64 bits per heavy atom. The van der Waals surface area contributed by atoms with Gasteiger partial charge in [-0.05, 0) is 38.2 Å². The molecule has 0 aromatic rings. The van der Waals surface area contributed by atoms with Gasteiger partial charge >= 0.3 is 0 Å². The van der Waals surface area contributed by atoms with Crippen molar-refractivity contribution >= 4 is 5.91 Å². The van der Waals surface area contributed by atoms with Gasteiger partial charge < -0.3 is 4.90 Å². The number of carbonyl (C=O) groups excluding carboxylic acids is 1. The number of hydrogen-bond acceptors (Lipinski definition) is 1. The predicted molar refractivity (Wildman–Crippen MR) is 59.0 cm³/mol. The topological polar surface area (TPSA) is 20.3 Å². The highest BCUT2D eigenvalue weighted by Crippen LogP contribution is 2.34. The Bertz CT molecular complexity index is 234. The molecule has 0 spiro atoms. The summed E-state index contributed by atoms with van der Waals surface area (Å²) < 4.78 is 0. The summed E-state index contributed by atoms with van der Waals surface area (Å²) >= 11 is 0. The minimum absolute atomic E-state index is 0.0689. The molecule has 14 heavy (non-hydrogen) atoms. The third kappa shape index (κ3) is 2.17. The fourth-order valence-electron chi connectivity index (χ4n) is 2.60. The van der Waals surface area contributed by atoms with Crippen LogP contribution in [0.15, 0.2) is 12.7 Å². The summed E-state index contributed by atoms with van der Waals surface area (Å²) in [5.41, 5.74) is 0.0689. The average Bonchev–Trinajstić information content (AvgIpc) is 2.44. The van der Waals surface area contributed by atoms with Gasteiger partial charge in [-0.2, -0.15) is 0 Å². The van der Waals surface area contributed by atoms with Crippen LogP contribution in [-0.4, -0.2) is 22.9 Å². The standard InChI is InChI=1S/C12H21NO/c1-5-11(14)13-8-6-7-12(13,4)9-10(2)3/h5,10H,1,6-9H2,2-4H3/t12-/m1/s1. The van der Waals surface area contributed by atoms with Gasteiger partial charge in [0.05, 0.1) is 0 Å². The molecular weight excluding hydrogens is 174 g/mol. The fourth-order valence-corrected chi connectivity index (χ4v) is 2.60. The second kappa shape index (κ2) is 4.16. The van der Waals surface area contributed by atoms with Gasteiger partial charge in [0.2, 0.25) is 5.91 Å². The molecule has 0 aromatic heterocycles. The Kier molecular flexibility index (Phi) is 3.35. The van der Waals surface area contributed by atoms with E-state index < -0.39 is 0 Å². The Morgan fingerprint density at radius 3 is 2.79 bits per heavy atom. The monoisotopic (exact) mass is 195 g/mol. The first-order valence-corrected chi connectivity index (χ1v) is 5.43. The first-order valence-electron chi connectivity index (χ1n) is 5.43. The van der Waals surface area contributed by atoms with E-state index >= 15 is 0 Å². The molecule has 1 rings (SSSR count). The summed E-state index contributed by atoms with van der Waals surface area (Å²) in [7, 11) is 0.